The van der Waals surface area contributed by atoms with Crippen LogP contribution < -0.4 is 70.4 Å². The summed E-state index contributed by atoms with van der Waals surface area (Å²) in [5.41, 5.74) is 16.9. The van der Waals surface area contributed by atoms with E-state index in [2.05, 4.69) is 53.2 Å². The third kappa shape index (κ3) is 28.3. The van der Waals surface area contributed by atoms with E-state index in [1.807, 2.05) is 0 Å². The molecule has 0 aliphatic carbocycles. The molecule has 0 spiro atoms. The van der Waals surface area contributed by atoms with Gasteiger partial charge in [-0.3, -0.25) is 62.3 Å². The van der Waals surface area contributed by atoms with E-state index < -0.39 is 194 Å². The lowest BCUT2D eigenvalue weighted by Crippen LogP contribution is -2.61. The van der Waals surface area contributed by atoms with Gasteiger partial charge in [0.05, 0.1) is 31.6 Å². The fourth-order valence-electron chi connectivity index (χ4n) is 8.04. The van der Waals surface area contributed by atoms with E-state index in [0.29, 0.717) is 12.8 Å². The van der Waals surface area contributed by atoms with E-state index >= 15 is 0 Å². The summed E-state index contributed by atoms with van der Waals surface area (Å²) in [6, 6.07) is -13.0. The largest absolute Gasteiger partial charge is 0.508 e. The summed E-state index contributed by atoms with van der Waals surface area (Å²) in [6.07, 6.45) is -4.77. The van der Waals surface area contributed by atoms with Crippen LogP contribution in [0.2, 0.25) is 0 Å². The van der Waals surface area contributed by atoms with Crippen LogP contribution in [-0.4, -0.2) is 199 Å². The molecule has 482 valence electrons. The van der Waals surface area contributed by atoms with Crippen molar-refractivity contribution in [3.05, 3.63) is 29.8 Å². The van der Waals surface area contributed by atoms with Crippen molar-refractivity contribution in [2.24, 2.45) is 29.0 Å². The first-order valence-electron chi connectivity index (χ1n) is 27.6. The first kappa shape index (κ1) is 75.5. The molecule has 0 aromatic heterocycles. The highest BCUT2D eigenvalue weighted by Crippen LogP contribution is 2.14. The maximum Gasteiger partial charge on any atom is 0.326 e. The summed E-state index contributed by atoms with van der Waals surface area (Å²) in [4.78, 5) is 183. The molecule has 0 aliphatic rings. The second-order valence-corrected chi connectivity index (χ2v) is 21.4. The highest BCUT2D eigenvalue weighted by atomic mass is 16.4. The summed E-state index contributed by atoms with van der Waals surface area (Å²) >= 11 is 0. The number of carboxylic acids is 3. The minimum Gasteiger partial charge on any atom is -0.508 e. The fraction of sp³-hybridized carbons (Fsp3) is 0.623. The van der Waals surface area contributed by atoms with Gasteiger partial charge >= 0.3 is 17.9 Å². The number of phenols is 1. The minimum absolute atomic E-state index is 0.00888. The number of nitrogens with one attached hydrogen (secondary N) is 10. The average Bonchev–Trinajstić information content (AvgIpc) is 2.33. The molecule has 33 nitrogen and oxygen atoms in total. The molecule has 33 heteroatoms. The van der Waals surface area contributed by atoms with Crippen LogP contribution in [0.1, 0.15) is 112 Å². The van der Waals surface area contributed by atoms with Gasteiger partial charge in [-0.1, -0.05) is 39.8 Å². The highest BCUT2D eigenvalue weighted by molar-refractivity contribution is 6.00. The quantitative estimate of drug-likeness (QED) is 0.0272. The van der Waals surface area contributed by atoms with Gasteiger partial charge in [0, 0.05) is 12.8 Å². The SMILES string of the molecule is CC(C)C[C@H](NC(=O)[C@H](CO)NC(=O)[C@H](C)NC(=O)[C@H](Cc1ccc(O)cc1)NC(=O)[C@H](CC(=O)O)NC(=O)[C@H](CCC(=O)O)NC(=O)[C@H](CC(N)=O)NC(=O)[C@H](C)NC(=O)[C@@H](N)CC(C)C)C(=O)N[C@H](C(=O)N[C@@H](CCCCN)C(=O)O)[C@@H](C)O. The predicted molar refractivity (Wildman–Crippen MR) is 302 cm³/mol. The molecule has 0 radical (unpaired) electrons. The molecule has 1 aromatic rings. The Bertz CT molecular complexity index is 2530. The van der Waals surface area contributed by atoms with Gasteiger partial charge in [0.15, 0.2) is 0 Å². The van der Waals surface area contributed by atoms with Crippen molar-refractivity contribution in [3.63, 3.8) is 0 Å². The zero-order valence-corrected chi connectivity index (χ0v) is 49.0. The van der Waals surface area contributed by atoms with Crippen molar-refractivity contribution in [1.82, 2.24) is 53.2 Å². The number of carbonyl (C=O) groups excluding carboxylic acids is 11. The van der Waals surface area contributed by atoms with Gasteiger partial charge in [-0.2, -0.15) is 0 Å². The number of aliphatic hydroxyl groups excluding tert-OH is 2. The van der Waals surface area contributed by atoms with Gasteiger partial charge in [0.1, 0.15) is 66.2 Å². The van der Waals surface area contributed by atoms with Crippen molar-refractivity contribution in [2.45, 2.75) is 185 Å². The summed E-state index contributed by atoms with van der Waals surface area (Å²) in [5.74, 6) is -17.5. The molecule has 1 rings (SSSR count). The molecule has 12 atom stereocenters. The van der Waals surface area contributed by atoms with Gasteiger partial charge in [0.2, 0.25) is 65.0 Å². The van der Waals surface area contributed by atoms with E-state index in [4.69, 9.17) is 17.2 Å². The number of aliphatic carboxylic acids is 3. The summed E-state index contributed by atoms with van der Waals surface area (Å²) in [7, 11) is 0. The van der Waals surface area contributed by atoms with Crippen LogP contribution in [0.15, 0.2) is 24.3 Å². The predicted octanol–water partition coefficient (Wildman–Crippen LogP) is -5.96. The van der Waals surface area contributed by atoms with Crippen LogP contribution in [0, 0.1) is 11.8 Å². The molecular weight excluding hydrogens is 1140 g/mol. The number of phenolic OH excluding ortho intramolecular Hbond substituents is 1. The van der Waals surface area contributed by atoms with E-state index in [1.165, 1.54) is 31.2 Å². The number of carboxylic acid groups (broad SMARTS) is 3. The molecule has 0 fully saturated rings. The van der Waals surface area contributed by atoms with Crippen LogP contribution in [0.4, 0.5) is 0 Å². The number of nitrogens with two attached hydrogens (primary N) is 3. The van der Waals surface area contributed by atoms with Crippen LogP contribution in [0.3, 0.4) is 0 Å². The molecule has 11 amide bonds. The average molecular weight is 1220 g/mol. The molecule has 22 N–H and O–H groups in total. The Labute approximate surface area is 495 Å². The van der Waals surface area contributed by atoms with Gasteiger partial charge in [0.25, 0.3) is 0 Å². The van der Waals surface area contributed by atoms with E-state index in [1.54, 1.807) is 27.7 Å². The molecular formula is C53H85N13O20. The lowest BCUT2D eigenvalue weighted by atomic mass is 10.0. The topological polar surface area (TPSA) is 559 Å². The van der Waals surface area contributed by atoms with Crippen molar-refractivity contribution in [3.8, 4) is 5.75 Å². The maximum absolute atomic E-state index is 14.0. The number of benzene rings is 1. The monoisotopic (exact) mass is 1220 g/mol. The zero-order valence-electron chi connectivity index (χ0n) is 49.0. The number of hydrogen-bond acceptors (Lipinski definition) is 19. The van der Waals surface area contributed by atoms with E-state index in [0.717, 1.165) is 13.8 Å². The van der Waals surface area contributed by atoms with Gasteiger partial charge in [-0.15, -0.1) is 0 Å². The normalized spacial score (nSPS) is 15.3. The van der Waals surface area contributed by atoms with Gasteiger partial charge in [-0.05, 0) is 95.4 Å². The van der Waals surface area contributed by atoms with Crippen LogP contribution in [-0.2, 0) is 73.5 Å². The molecule has 0 saturated carbocycles. The summed E-state index contributed by atoms with van der Waals surface area (Å²) < 4.78 is 0. The minimum atomic E-state index is -2.12. The number of hydrogen-bond donors (Lipinski definition) is 19. The lowest BCUT2D eigenvalue weighted by Gasteiger charge is -2.28. The Morgan fingerprint density at radius 3 is 1.41 bits per heavy atom. The molecule has 86 heavy (non-hydrogen) atoms. The second kappa shape index (κ2) is 37.7. The number of aromatic hydroxyl groups is 1. The fourth-order valence-corrected chi connectivity index (χ4v) is 8.04. The third-order valence-electron chi connectivity index (χ3n) is 12.7. The second-order valence-electron chi connectivity index (χ2n) is 21.4. The molecule has 0 unspecified atom stereocenters. The summed E-state index contributed by atoms with van der Waals surface area (Å²) in [5, 5.41) is 82.1. The summed E-state index contributed by atoms with van der Waals surface area (Å²) in [6.45, 7) is 9.61. The number of rotatable bonds is 40. The number of amides is 11. The smallest absolute Gasteiger partial charge is 0.326 e. The Morgan fingerprint density at radius 2 is 0.919 bits per heavy atom. The molecule has 0 saturated heterocycles. The van der Waals surface area contributed by atoms with Gasteiger partial charge < -0.3 is 101 Å². The van der Waals surface area contributed by atoms with Crippen LogP contribution in [0.25, 0.3) is 0 Å². The zero-order chi connectivity index (χ0) is 65.7. The van der Waals surface area contributed by atoms with E-state index in [9.17, 15) is 97.8 Å². The third-order valence-corrected chi connectivity index (χ3v) is 12.7. The van der Waals surface area contributed by atoms with Crippen molar-refractivity contribution < 1.29 is 97.8 Å². The van der Waals surface area contributed by atoms with E-state index in [-0.39, 0.29) is 49.0 Å². The number of primary amides is 1. The molecule has 0 bridgehead atoms. The number of unbranched alkanes of at least 4 members (excludes halogenated alkanes) is 1. The van der Waals surface area contributed by atoms with Crippen molar-refractivity contribution in [1.29, 1.82) is 0 Å². The highest BCUT2D eigenvalue weighted by Gasteiger charge is 2.37. The lowest BCUT2D eigenvalue weighted by molar-refractivity contribution is -0.143. The molecule has 0 heterocycles. The first-order chi connectivity index (χ1) is 40.1. The van der Waals surface area contributed by atoms with Crippen molar-refractivity contribution in [2.75, 3.05) is 13.2 Å². The first-order valence-corrected chi connectivity index (χ1v) is 27.6. The van der Waals surface area contributed by atoms with Crippen LogP contribution in [0.5, 0.6) is 5.75 Å². The van der Waals surface area contributed by atoms with Gasteiger partial charge in [-0.25, -0.2) is 4.79 Å². The van der Waals surface area contributed by atoms with Crippen LogP contribution >= 0.6 is 0 Å². The number of aliphatic hydroxyl groups is 2. The van der Waals surface area contributed by atoms with Crippen molar-refractivity contribution >= 4 is 82.9 Å². The standard InChI is InChI=1S/C53H85N13O20/c1-24(2)18-31(55)45(77)57-26(5)43(75)61-36(21-39(56)70)48(80)59-32(15-16-40(71)72)46(78)64-37(22-41(73)74)49(81)63-35(20-29-11-13-30(69)14-12-29)47(79)58-27(6)44(76)65-38(23-67)51(83)62-34(19-25(3)4)50(82)66-42(28(7)68)52(84)60-33(53(85)86)10-8-9-17-54/h11-14,24-28,31-38,42,67-69H,8-10,15-23,54-55H2,1-7H3,(H2,56,70)(H,57,77)(H,58,79)(H,59,80)(H,60,84)(H,61,75)(H,62,83)(H,63,81)(H,64,78)(H,65,76)(H,66,82)(H,71,72)(H,73,74)(H,85,86)/t26-,27-,28+,31-,32-,33-,34-,35-,36-,37-,38-,42-/m0/s1. The Kier molecular flexibility index (Phi) is 33.1. The Hall–Kier alpha value is -8.56. The molecule has 1 aromatic carbocycles. The Morgan fingerprint density at radius 1 is 0.477 bits per heavy atom. The maximum atomic E-state index is 14.0. The Balaban J connectivity index is 3.46. The number of carbonyl (C=O) groups is 14. The molecule has 0 aliphatic heterocycles.